The van der Waals surface area contributed by atoms with E-state index in [9.17, 15) is 4.79 Å². The molecule has 1 aliphatic carbocycles. The molecule has 0 amide bonds. The fraction of sp³-hybridized carbons (Fsp3) is 0.571. The molecule has 1 fully saturated rings. The Bertz CT molecular complexity index is 431. The summed E-state index contributed by atoms with van der Waals surface area (Å²) in [5.41, 5.74) is 0.960. The lowest BCUT2D eigenvalue weighted by atomic mass is 9.86. The summed E-state index contributed by atoms with van der Waals surface area (Å²) >= 11 is 0. The molecule has 0 spiro atoms. The fourth-order valence-electron chi connectivity index (χ4n) is 2.52. The number of carbonyl (C=O) groups is 1. The zero-order valence-electron chi connectivity index (χ0n) is 11.5. The zero-order valence-corrected chi connectivity index (χ0v) is 11.5. The minimum atomic E-state index is -0.674. The summed E-state index contributed by atoms with van der Waals surface area (Å²) in [6.45, 7) is 0. The lowest BCUT2D eigenvalue weighted by molar-refractivity contribution is -0.142. The Kier molecular flexibility index (Phi) is 4.24. The Morgan fingerprint density at radius 3 is 2.79 bits per heavy atom. The van der Waals surface area contributed by atoms with Crippen molar-refractivity contribution in [2.75, 3.05) is 24.3 Å². The predicted molar refractivity (Wildman–Crippen MR) is 75.6 cm³/mol. The van der Waals surface area contributed by atoms with E-state index in [-0.39, 0.29) is 12.0 Å². The van der Waals surface area contributed by atoms with Gasteiger partial charge in [0.05, 0.1) is 17.8 Å². The summed E-state index contributed by atoms with van der Waals surface area (Å²) in [7, 11) is 3.90. The largest absolute Gasteiger partial charge is 0.481 e. The Labute approximate surface area is 113 Å². The van der Waals surface area contributed by atoms with Gasteiger partial charge in [0.15, 0.2) is 0 Å². The highest BCUT2D eigenvalue weighted by molar-refractivity contribution is 5.70. The average molecular weight is 263 g/mol. The van der Waals surface area contributed by atoms with E-state index in [0.717, 1.165) is 30.8 Å². The van der Waals surface area contributed by atoms with E-state index >= 15 is 0 Å². The highest BCUT2D eigenvalue weighted by atomic mass is 16.4. The first-order valence-electron chi connectivity index (χ1n) is 6.69. The van der Waals surface area contributed by atoms with Crippen molar-refractivity contribution in [1.29, 1.82) is 0 Å². The molecule has 2 N–H and O–H groups in total. The molecule has 5 nitrogen and oxygen atoms in total. The maximum atomic E-state index is 11.0. The number of anilines is 2. The second-order valence-electron chi connectivity index (χ2n) is 5.34. The summed E-state index contributed by atoms with van der Waals surface area (Å²) < 4.78 is 0. The maximum Gasteiger partial charge on any atom is 0.306 e. The average Bonchev–Trinajstić information content (AvgIpc) is 2.39. The van der Waals surface area contributed by atoms with Crippen LogP contribution in [0.5, 0.6) is 0 Å². The van der Waals surface area contributed by atoms with Crippen molar-refractivity contribution < 1.29 is 9.90 Å². The number of aliphatic carboxylic acids is 1. The first-order valence-corrected chi connectivity index (χ1v) is 6.69. The van der Waals surface area contributed by atoms with E-state index in [1.165, 1.54) is 0 Å². The number of aromatic nitrogens is 1. The molecule has 1 heterocycles. The Morgan fingerprint density at radius 1 is 1.42 bits per heavy atom. The van der Waals surface area contributed by atoms with E-state index < -0.39 is 5.97 Å². The van der Waals surface area contributed by atoms with Gasteiger partial charge in [-0.3, -0.25) is 4.79 Å². The van der Waals surface area contributed by atoms with Crippen LogP contribution in [0, 0.1) is 5.92 Å². The van der Waals surface area contributed by atoms with Crippen LogP contribution >= 0.6 is 0 Å². The number of nitrogens with one attached hydrogen (secondary N) is 1. The Morgan fingerprint density at radius 2 is 2.21 bits per heavy atom. The number of carboxylic acid groups (broad SMARTS) is 1. The van der Waals surface area contributed by atoms with Crippen molar-refractivity contribution in [3.8, 4) is 0 Å². The van der Waals surface area contributed by atoms with Gasteiger partial charge in [0.25, 0.3) is 0 Å². The van der Waals surface area contributed by atoms with Crippen molar-refractivity contribution >= 4 is 17.5 Å². The van der Waals surface area contributed by atoms with E-state index in [4.69, 9.17) is 5.11 Å². The van der Waals surface area contributed by atoms with Gasteiger partial charge in [-0.2, -0.15) is 0 Å². The summed E-state index contributed by atoms with van der Waals surface area (Å²) in [6.07, 6.45) is 5.30. The molecule has 2 rings (SSSR count). The molecule has 5 heteroatoms. The lowest BCUT2D eigenvalue weighted by Gasteiger charge is -2.28. The van der Waals surface area contributed by atoms with Gasteiger partial charge in [0, 0.05) is 20.1 Å². The third-order valence-electron chi connectivity index (χ3n) is 3.60. The van der Waals surface area contributed by atoms with Crippen LogP contribution in [0.25, 0.3) is 0 Å². The molecular weight excluding hydrogens is 242 g/mol. The summed E-state index contributed by atoms with van der Waals surface area (Å²) in [6, 6.07) is 4.19. The third kappa shape index (κ3) is 3.59. The summed E-state index contributed by atoms with van der Waals surface area (Å²) in [5.74, 6) is 0.0328. The summed E-state index contributed by atoms with van der Waals surface area (Å²) in [4.78, 5) is 17.3. The first-order chi connectivity index (χ1) is 9.06. The number of carboxylic acids is 1. The van der Waals surface area contributed by atoms with E-state index in [0.29, 0.717) is 6.42 Å². The second kappa shape index (κ2) is 5.91. The normalized spacial score (nSPS) is 22.8. The molecular formula is C14H21N3O2. The van der Waals surface area contributed by atoms with Gasteiger partial charge in [-0.15, -0.1) is 0 Å². The van der Waals surface area contributed by atoms with Gasteiger partial charge in [0.2, 0.25) is 0 Å². The maximum absolute atomic E-state index is 11.0. The number of hydrogen-bond acceptors (Lipinski definition) is 4. The van der Waals surface area contributed by atoms with E-state index in [2.05, 4.69) is 10.3 Å². The van der Waals surface area contributed by atoms with Gasteiger partial charge >= 0.3 is 5.97 Å². The molecule has 2 unspecified atom stereocenters. The molecule has 1 aromatic heterocycles. The minimum Gasteiger partial charge on any atom is -0.481 e. The predicted octanol–water partition coefficient (Wildman–Crippen LogP) is 2.20. The summed E-state index contributed by atoms with van der Waals surface area (Å²) in [5, 5.41) is 12.5. The number of pyridine rings is 1. The monoisotopic (exact) mass is 263 g/mol. The standard InChI is InChI=1S/C14H21N3O2/c1-17(2)13-7-6-12(9-15-13)16-11-5-3-4-10(8-11)14(18)19/h6-7,9-11,16H,3-5,8H2,1-2H3,(H,18,19). The van der Waals surface area contributed by atoms with Crippen molar-refractivity contribution in [3.63, 3.8) is 0 Å². The van der Waals surface area contributed by atoms with E-state index in [1.807, 2.05) is 31.1 Å². The van der Waals surface area contributed by atoms with Gasteiger partial charge in [-0.25, -0.2) is 4.98 Å². The SMILES string of the molecule is CN(C)c1ccc(NC2CCCC(C(=O)O)C2)cn1. The third-order valence-corrected chi connectivity index (χ3v) is 3.60. The molecule has 19 heavy (non-hydrogen) atoms. The van der Waals surface area contributed by atoms with Gasteiger partial charge in [0.1, 0.15) is 5.82 Å². The quantitative estimate of drug-likeness (QED) is 0.872. The van der Waals surface area contributed by atoms with Crippen LogP contribution in [0.2, 0.25) is 0 Å². The van der Waals surface area contributed by atoms with Crippen LogP contribution in [0.1, 0.15) is 25.7 Å². The fourth-order valence-corrected chi connectivity index (χ4v) is 2.52. The molecule has 2 atom stereocenters. The Balaban J connectivity index is 1.95. The number of hydrogen-bond donors (Lipinski definition) is 2. The molecule has 0 saturated heterocycles. The second-order valence-corrected chi connectivity index (χ2v) is 5.34. The smallest absolute Gasteiger partial charge is 0.306 e. The molecule has 0 radical (unpaired) electrons. The Hall–Kier alpha value is -1.78. The van der Waals surface area contributed by atoms with Crippen molar-refractivity contribution in [2.24, 2.45) is 5.92 Å². The highest BCUT2D eigenvalue weighted by Crippen LogP contribution is 2.27. The van der Waals surface area contributed by atoms with Crippen LogP contribution in [0.4, 0.5) is 11.5 Å². The molecule has 0 aromatic carbocycles. The minimum absolute atomic E-state index is 0.208. The van der Waals surface area contributed by atoms with Crippen LogP contribution in [0.3, 0.4) is 0 Å². The number of nitrogens with zero attached hydrogens (tertiary/aromatic N) is 2. The van der Waals surface area contributed by atoms with Crippen LogP contribution < -0.4 is 10.2 Å². The molecule has 1 saturated carbocycles. The molecule has 1 aromatic rings. The number of rotatable bonds is 4. The van der Waals surface area contributed by atoms with Crippen LogP contribution in [0.15, 0.2) is 18.3 Å². The molecule has 1 aliphatic rings. The van der Waals surface area contributed by atoms with Crippen molar-refractivity contribution in [2.45, 2.75) is 31.7 Å². The molecule has 0 bridgehead atoms. The van der Waals surface area contributed by atoms with E-state index in [1.54, 1.807) is 6.20 Å². The molecule has 104 valence electrons. The molecule has 0 aliphatic heterocycles. The van der Waals surface area contributed by atoms with Crippen LogP contribution in [-0.2, 0) is 4.79 Å². The van der Waals surface area contributed by atoms with Crippen molar-refractivity contribution in [3.05, 3.63) is 18.3 Å². The van der Waals surface area contributed by atoms with Crippen LogP contribution in [-0.4, -0.2) is 36.2 Å². The van der Waals surface area contributed by atoms with Gasteiger partial charge < -0.3 is 15.3 Å². The van der Waals surface area contributed by atoms with Crippen molar-refractivity contribution in [1.82, 2.24) is 4.98 Å². The van der Waals surface area contributed by atoms with Gasteiger partial charge in [-0.05, 0) is 31.4 Å². The first kappa shape index (κ1) is 13.6. The zero-order chi connectivity index (χ0) is 13.8. The van der Waals surface area contributed by atoms with Gasteiger partial charge in [-0.1, -0.05) is 6.42 Å². The lowest BCUT2D eigenvalue weighted by Crippen LogP contribution is -2.31. The topological polar surface area (TPSA) is 65.5 Å². The highest BCUT2D eigenvalue weighted by Gasteiger charge is 2.26.